The second-order valence-corrected chi connectivity index (χ2v) is 6.33. The molecule has 2 aromatic rings. The van der Waals surface area contributed by atoms with Crippen LogP contribution in [0.1, 0.15) is 16.5 Å². The summed E-state index contributed by atoms with van der Waals surface area (Å²) < 4.78 is 15.7. The Morgan fingerprint density at radius 2 is 2.00 bits per heavy atom. The smallest absolute Gasteiger partial charge is 0.128 e. The zero-order valence-corrected chi connectivity index (χ0v) is 13.0. The van der Waals surface area contributed by atoms with Gasteiger partial charge < -0.3 is 5.32 Å². The Morgan fingerprint density at radius 3 is 2.59 bits per heavy atom. The maximum atomic E-state index is 13.8. The quantitative estimate of drug-likeness (QED) is 0.814. The van der Waals surface area contributed by atoms with Gasteiger partial charge in [0.25, 0.3) is 0 Å². The highest BCUT2D eigenvalue weighted by atomic mass is 79.9. The summed E-state index contributed by atoms with van der Waals surface area (Å²) in [7, 11) is 1.83. The number of benzene rings is 1. The van der Waals surface area contributed by atoms with E-state index in [0.29, 0.717) is 5.56 Å². The molecule has 90 valence electrons. The SMILES string of the molecule is CNC(c1cc(Br)cs1)c1cc(Br)ccc1F. The van der Waals surface area contributed by atoms with Crippen molar-refractivity contribution in [1.29, 1.82) is 0 Å². The van der Waals surface area contributed by atoms with Crippen LogP contribution in [0, 0.1) is 5.82 Å². The van der Waals surface area contributed by atoms with Gasteiger partial charge in [0.1, 0.15) is 5.82 Å². The van der Waals surface area contributed by atoms with Crippen molar-refractivity contribution in [3.63, 3.8) is 0 Å². The van der Waals surface area contributed by atoms with Gasteiger partial charge in [-0.25, -0.2) is 4.39 Å². The molecule has 1 heterocycles. The van der Waals surface area contributed by atoms with Crippen molar-refractivity contribution in [2.75, 3.05) is 7.05 Å². The number of hydrogen-bond acceptors (Lipinski definition) is 2. The molecule has 0 aliphatic rings. The maximum absolute atomic E-state index is 13.8. The topological polar surface area (TPSA) is 12.0 Å². The van der Waals surface area contributed by atoms with E-state index in [2.05, 4.69) is 37.2 Å². The third-order valence-electron chi connectivity index (χ3n) is 2.43. The molecular weight excluding hydrogens is 369 g/mol. The normalized spacial score (nSPS) is 12.7. The van der Waals surface area contributed by atoms with E-state index in [-0.39, 0.29) is 11.9 Å². The van der Waals surface area contributed by atoms with Gasteiger partial charge in [0.2, 0.25) is 0 Å². The third kappa shape index (κ3) is 2.96. The van der Waals surface area contributed by atoms with Gasteiger partial charge >= 0.3 is 0 Å². The summed E-state index contributed by atoms with van der Waals surface area (Å²) in [6.07, 6.45) is 0. The molecule has 1 nitrogen and oxygen atoms in total. The molecule has 17 heavy (non-hydrogen) atoms. The third-order valence-corrected chi connectivity index (χ3v) is 4.68. The van der Waals surface area contributed by atoms with Gasteiger partial charge in [-0.2, -0.15) is 0 Å². The van der Waals surface area contributed by atoms with Gasteiger partial charge in [-0.15, -0.1) is 11.3 Å². The van der Waals surface area contributed by atoms with E-state index >= 15 is 0 Å². The zero-order chi connectivity index (χ0) is 12.4. The van der Waals surface area contributed by atoms with Crippen LogP contribution in [0.25, 0.3) is 0 Å². The van der Waals surface area contributed by atoms with Gasteiger partial charge in [0.05, 0.1) is 6.04 Å². The Hall–Kier alpha value is -0.230. The minimum absolute atomic E-state index is 0.121. The fourth-order valence-electron chi connectivity index (χ4n) is 1.67. The largest absolute Gasteiger partial charge is 0.309 e. The van der Waals surface area contributed by atoms with Crippen molar-refractivity contribution in [2.24, 2.45) is 0 Å². The molecule has 5 heteroatoms. The summed E-state index contributed by atoms with van der Waals surface area (Å²) in [4.78, 5) is 1.08. The predicted molar refractivity (Wildman–Crippen MR) is 77.0 cm³/mol. The van der Waals surface area contributed by atoms with Crippen LogP contribution in [0.2, 0.25) is 0 Å². The molecule has 0 aliphatic carbocycles. The average Bonchev–Trinajstić information content (AvgIpc) is 2.71. The first-order valence-corrected chi connectivity index (χ1v) is 7.44. The maximum Gasteiger partial charge on any atom is 0.128 e. The average molecular weight is 379 g/mol. The van der Waals surface area contributed by atoms with E-state index in [1.54, 1.807) is 17.4 Å². The first kappa shape index (κ1) is 13.2. The Labute approximate surface area is 120 Å². The first-order chi connectivity index (χ1) is 8.11. The molecule has 2 rings (SSSR count). The van der Waals surface area contributed by atoms with Crippen LogP contribution in [0.4, 0.5) is 4.39 Å². The first-order valence-electron chi connectivity index (χ1n) is 4.98. The molecule has 1 atom stereocenters. The minimum atomic E-state index is -0.197. The fourth-order valence-corrected chi connectivity index (χ4v) is 3.62. The van der Waals surface area contributed by atoms with Gasteiger partial charge in [-0.3, -0.25) is 0 Å². The van der Waals surface area contributed by atoms with E-state index in [1.807, 2.05) is 24.6 Å². The van der Waals surface area contributed by atoms with Gasteiger partial charge in [-0.1, -0.05) is 15.9 Å². The molecule has 1 aromatic carbocycles. The fraction of sp³-hybridized carbons (Fsp3) is 0.167. The second kappa shape index (κ2) is 5.61. The van der Waals surface area contributed by atoms with Crippen molar-refractivity contribution in [3.05, 3.63) is 54.8 Å². The summed E-state index contributed by atoms with van der Waals surface area (Å²) in [6, 6.07) is 6.88. The standard InChI is InChI=1S/C12H10Br2FNS/c1-16-12(11-5-8(14)6-17-11)9-4-7(13)2-3-10(9)15/h2-6,12,16H,1H3. The Kier molecular flexibility index (Phi) is 4.36. The number of halogens is 3. The summed E-state index contributed by atoms with van der Waals surface area (Å²) in [5.41, 5.74) is 0.649. The Bertz CT molecular complexity index is 527. The molecule has 1 aromatic heterocycles. The molecule has 0 amide bonds. The number of rotatable bonds is 3. The molecule has 0 spiro atoms. The van der Waals surface area contributed by atoms with Crippen LogP contribution in [-0.4, -0.2) is 7.05 Å². The number of hydrogen-bond donors (Lipinski definition) is 1. The summed E-state index contributed by atoms with van der Waals surface area (Å²) >= 11 is 8.39. The number of thiophene rings is 1. The van der Waals surface area contributed by atoms with E-state index in [9.17, 15) is 4.39 Å². The van der Waals surface area contributed by atoms with E-state index < -0.39 is 0 Å². The summed E-state index contributed by atoms with van der Waals surface area (Å²) in [6.45, 7) is 0. The molecular formula is C12H10Br2FNS. The van der Waals surface area contributed by atoms with Crippen LogP contribution < -0.4 is 5.32 Å². The lowest BCUT2D eigenvalue weighted by Gasteiger charge is -2.16. The molecule has 1 N–H and O–H groups in total. The van der Waals surface area contributed by atoms with Gasteiger partial charge in [0, 0.05) is 24.8 Å². The van der Waals surface area contributed by atoms with Crippen LogP contribution in [0.3, 0.4) is 0 Å². The monoisotopic (exact) mass is 377 g/mol. The molecule has 0 fully saturated rings. The lowest BCUT2D eigenvalue weighted by molar-refractivity contribution is 0.579. The van der Waals surface area contributed by atoms with Crippen molar-refractivity contribution in [3.8, 4) is 0 Å². The van der Waals surface area contributed by atoms with Crippen molar-refractivity contribution >= 4 is 43.2 Å². The molecule has 0 saturated carbocycles. The van der Waals surface area contributed by atoms with Crippen molar-refractivity contribution < 1.29 is 4.39 Å². The lowest BCUT2D eigenvalue weighted by atomic mass is 10.1. The van der Waals surface area contributed by atoms with Crippen LogP contribution in [-0.2, 0) is 0 Å². The predicted octanol–water partition coefficient (Wildman–Crippen LogP) is 4.72. The minimum Gasteiger partial charge on any atom is -0.309 e. The lowest BCUT2D eigenvalue weighted by Crippen LogP contribution is -2.17. The highest BCUT2D eigenvalue weighted by Crippen LogP contribution is 2.32. The van der Waals surface area contributed by atoms with Crippen LogP contribution in [0.5, 0.6) is 0 Å². The van der Waals surface area contributed by atoms with Crippen LogP contribution in [0.15, 0.2) is 38.6 Å². The molecule has 0 aliphatic heterocycles. The van der Waals surface area contributed by atoms with Crippen molar-refractivity contribution in [1.82, 2.24) is 5.32 Å². The van der Waals surface area contributed by atoms with E-state index in [4.69, 9.17) is 0 Å². The zero-order valence-electron chi connectivity index (χ0n) is 9.01. The Balaban J connectivity index is 2.45. The highest BCUT2D eigenvalue weighted by molar-refractivity contribution is 9.10. The van der Waals surface area contributed by atoms with Crippen molar-refractivity contribution in [2.45, 2.75) is 6.04 Å². The molecule has 1 unspecified atom stereocenters. The van der Waals surface area contributed by atoms with E-state index in [0.717, 1.165) is 13.8 Å². The molecule has 0 saturated heterocycles. The summed E-state index contributed by atoms with van der Waals surface area (Å²) in [5.74, 6) is -0.197. The summed E-state index contributed by atoms with van der Waals surface area (Å²) in [5, 5.41) is 5.14. The Morgan fingerprint density at radius 1 is 1.24 bits per heavy atom. The van der Waals surface area contributed by atoms with Crippen LogP contribution >= 0.6 is 43.2 Å². The highest BCUT2D eigenvalue weighted by Gasteiger charge is 2.18. The van der Waals surface area contributed by atoms with Gasteiger partial charge in [-0.05, 0) is 47.2 Å². The molecule has 0 radical (unpaired) electrons. The van der Waals surface area contributed by atoms with Gasteiger partial charge in [0.15, 0.2) is 0 Å². The van der Waals surface area contributed by atoms with E-state index in [1.165, 1.54) is 6.07 Å². The second-order valence-electron chi connectivity index (χ2n) is 3.55. The molecule has 0 bridgehead atoms. The number of nitrogens with one attached hydrogen (secondary N) is 1.